The molecule has 0 aromatic rings. The second kappa shape index (κ2) is 7.44. The molecular formula is C13H23NO2. The van der Waals surface area contributed by atoms with E-state index in [1.165, 1.54) is 12.8 Å². The molecule has 2 unspecified atom stereocenters. The Morgan fingerprint density at radius 2 is 2.31 bits per heavy atom. The molecule has 1 N–H and O–H groups in total. The fraction of sp³-hybridized carbons (Fsp3) is 0.769. The summed E-state index contributed by atoms with van der Waals surface area (Å²) in [5.74, 6) is 0.560. The summed E-state index contributed by atoms with van der Waals surface area (Å²) in [6, 6.07) is -0.133. The predicted octanol–water partition coefficient (Wildman–Crippen LogP) is 2.27. The Bertz CT molecular complexity index is 238. The van der Waals surface area contributed by atoms with E-state index in [-0.39, 0.29) is 12.0 Å². The second-order valence-electron chi connectivity index (χ2n) is 4.27. The van der Waals surface area contributed by atoms with Gasteiger partial charge in [-0.05, 0) is 45.1 Å². The normalized spacial score (nSPS) is 21.8. The van der Waals surface area contributed by atoms with Gasteiger partial charge in [0.15, 0.2) is 0 Å². The topological polar surface area (TPSA) is 38.3 Å². The molecule has 1 aliphatic carbocycles. The van der Waals surface area contributed by atoms with E-state index in [1.807, 2.05) is 13.8 Å². The molecule has 0 amide bonds. The Morgan fingerprint density at radius 1 is 1.50 bits per heavy atom. The van der Waals surface area contributed by atoms with Crippen molar-refractivity contribution < 1.29 is 9.53 Å². The van der Waals surface area contributed by atoms with Crippen molar-refractivity contribution in [3.05, 3.63) is 12.2 Å². The lowest BCUT2D eigenvalue weighted by Crippen LogP contribution is -2.40. The zero-order valence-corrected chi connectivity index (χ0v) is 10.4. The number of carbonyl (C=O) groups is 1. The molecule has 0 aromatic heterocycles. The lowest BCUT2D eigenvalue weighted by atomic mass is 9.94. The van der Waals surface area contributed by atoms with Crippen molar-refractivity contribution in [1.82, 2.24) is 5.32 Å². The second-order valence-corrected chi connectivity index (χ2v) is 4.27. The Morgan fingerprint density at radius 3 is 2.88 bits per heavy atom. The molecule has 92 valence electrons. The van der Waals surface area contributed by atoms with E-state index in [9.17, 15) is 4.79 Å². The zero-order chi connectivity index (χ0) is 11.8. The van der Waals surface area contributed by atoms with Gasteiger partial charge in [-0.3, -0.25) is 4.79 Å². The highest BCUT2D eigenvalue weighted by Crippen LogP contribution is 2.17. The summed E-state index contributed by atoms with van der Waals surface area (Å²) in [5, 5.41) is 3.32. The number of carbonyl (C=O) groups excluding carboxylic acids is 1. The maximum absolute atomic E-state index is 11.5. The number of nitrogens with one attached hydrogen (secondary N) is 1. The molecule has 0 aliphatic heterocycles. The Labute approximate surface area is 98.2 Å². The number of hydrogen-bond acceptors (Lipinski definition) is 3. The van der Waals surface area contributed by atoms with E-state index < -0.39 is 0 Å². The van der Waals surface area contributed by atoms with Crippen LogP contribution in [0.25, 0.3) is 0 Å². The molecule has 2 atom stereocenters. The van der Waals surface area contributed by atoms with Gasteiger partial charge in [-0.2, -0.15) is 0 Å². The SMILES string of the molecule is CCOC(=O)C(CC)NCC1CC=CCC1. The summed E-state index contributed by atoms with van der Waals surface area (Å²) in [5.41, 5.74) is 0. The largest absolute Gasteiger partial charge is 0.465 e. The number of ether oxygens (including phenoxy) is 1. The third-order valence-electron chi connectivity index (χ3n) is 3.01. The number of hydrogen-bond donors (Lipinski definition) is 1. The smallest absolute Gasteiger partial charge is 0.323 e. The van der Waals surface area contributed by atoms with Gasteiger partial charge in [-0.1, -0.05) is 19.1 Å². The summed E-state index contributed by atoms with van der Waals surface area (Å²) in [7, 11) is 0. The molecule has 0 saturated carbocycles. The molecule has 0 bridgehead atoms. The van der Waals surface area contributed by atoms with Gasteiger partial charge < -0.3 is 10.1 Å². The highest BCUT2D eigenvalue weighted by molar-refractivity contribution is 5.75. The Kier molecular flexibility index (Phi) is 6.16. The third-order valence-corrected chi connectivity index (χ3v) is 3.01. The first-order valence-corrected chi connectivity index (χ1v) is 6.32. The lowest BCUT2D eigenvalue weighted by molar-refractivity contribution is -0.145. The van der Waals surface area contributed by atoms with Crippen molar-refractivity contribution in [2.24, 2.45) is 5.92 Å². The van der Waals surface area contributed by atoms with E-state index in [4.69, 9.17) is 4.74 Å². The van der Waals surface area contributed by atoms with Crippen LogP contribution in [0.15, 0.2) is 12.2 Å². The Hall–Kier alpha value is -0.830. The van der Waals surface area contributed by atoms with Gasteiger partial charge in [0.25, 0.3) is 0 Å². The van der Waals surface area contributed by atoms with Gasteiger partial charge in [0.2, 0.25) is 0 Å². The predicted molar refractivity (Wildman–Crippen MR) is 65.2 cm³/mol. The number of allylic oxidation sites excluding steroid dienone is 2. The van der Waals surface area contributed by atoms with Crippen LogP contribution in [0.5, 0.6) is 0 Å². The van der Waals surface area contributed by atoms with Crippen LogP contribution in [0.1, 0.15) is 39.5 Å². The van der Waals surface area contributed by atoms with Crippen molar-refractivity contribution in [3.63, 3.8) is 0 Å². The van der Waals surface area contributed by atoms with Crippen molar-refractivity contribution in [2.75, 3.05) is 13.2 Å². The number of rotatable bonds is 6. The molecule has 0 radical (unpaired) electrons. The molecule has 1 aliphatic rings. The molecule has 0 saturated heterocycles. The molecule has 0 heterocycles. The highest BCUT2D eigenvalue weighted by Gasteiger charge is 2.18. The molecular weight excluding hydrogens is 202 g/mol. The van der Waals surface area contributed by atoms with E-state index in [0.29, 0.717) is 12.5 Å². The van der Waals surface area contributed by atoms with Gasteiger partial charge in [-0.25, -0.2) is 0 Å². The van der Waals surface area contributed by atoms with Crippen LogP contribution >= 0.6 is 0 Å². The lowest BCUT2D eigenvalue weighted by Gasteiger charge is -2.21. The molecule has 0 fully saturated rings. The minimum Gasteiger partial charge on any atom is -0.465 e. The standard InChI is InChI=1S/C13H23NO2/c1-3-12(13(15)16-4-2)14-10-11-8-6-5-7-9-11/h5-6,11-12,14H,3-4,7-10H2,1-2H3. The van der Waals surface area contributed by atoms with E-state index in [1.54, 1.807) is 0 Å². The van der Waals surface area contributed by atoms with Gasteiger partial charge in [0.1, 0.15) is 6.04 Å². The van der Waals surface area contributed by atoms with Crippen molar-refractivity contribution in [3.8, 4) is 0 Å². The van der Waals surface area contributed by atoms with E-state index in [2.05, 4.69) is 17.5 Å². The average molecular weight is 225 g/mol. The molecule has 3 nitrogen and oxygen atoms in total. The summed E-state index contributed by atoms with van der Waals surface area (Å²) < 4.78 is 5.02. The van der Waals surface area contributed by atoms with E-state index >= 15 is 0 Å². The molecule has 16 heavy (non-hydrogen) atoms. The summed E-state index contributed by atoms with van der Waals surface area (Å²) in [6.45, 7) is 5.23. The molecule has 1 rings (SSSR count). The highest BCUT2D eigenvalue weighted by atomic mass is 16.5. The molecule has 3 heteroatoms. The van der Waals surface area contributed by atoms with E-state index in [0.717, 1.165) is 19.4 Å². The van der Waals surface area contributed by atoms with Gasteiger partial charge in [-0.15, -0.1) is 0 Å². The fourth-order valence-corrected chi connectivity index (χ4v) is 1.99. The minimum atomic E-state index is -0.133. The number of esters is 1. The van der Waals surface area contributed by atoms with Crippen LogP contribution in [0.4, 0.5) is 0 Å². The molecule has 0 aromatic carbocycles. The van der Waals surface area contributed by atoms with Gasteiger partial charge >= 0.3 is 5.97 Å². The monoisotopic (exact) mass is 225 g/mol. The summed E-state index contributed by atoms with van der Waals surface area (Å²) >= 11 is 0. The van der Waals surface area contributed by atoms with Crippen LogP contribution in [0.2, 0.25) is 0 Å². The molecule has 0 spiro atoms. The van der Waals surface area contributed by atoms with Gasteiger partial charge in [0, 0.05) is 0 Å². The first-order chi connectivity index (χ1) is 7.77. The first kappa shape index (κ1) is 13.2. The van der Waals surface area contributed by atoms with Crippen LogP contribution in [0.3, 0.4) is 0 Å². The summed E-state index contributed by atoms with van der Waals surface area (Å²) in [4.78, 5) is 11.5. The van der Waals surface area contributed by atoms with Crippen LogP contribution in [0, 0.1) is 5.92 Å². The van der Waals surface area contributed by atoms with Gasteiger partial charge in [0.05, 0.1) is 6.61 Å². The van der Waals surface area contributed by atoms with Crippen LogP contribution < -0.4 is 5.32 Å². The fourth-order valence-electron chi connectivity index (χ4n) is 1.99. The Balaban J connectivity index is 2.27. The zero-order valence-electron chi connectivity index (χ0n) is 10.4. The minimum absolute atomic E-state index is 0.114. The maximum Gasteiger partial charge on any atom is 0.323 e. The first-order valence-electron chi connectivity index (χ1n) is 6.32. The van der Waals surface area contributed by atoms with Crippen LogP contribution in [-0.2, 0) is 9.53 Å². The van der Waals surface area contributed by atoms with Crippen molar-refractivity contribution in [2.45, 2.75) is 45.6 Å². The summed E-state index contributed by atoms with van der Waals surface area (Å²) in [6.07, 6.45) is 8.79. The third kappa shape index (κ3) is 4.35. The van der Waals surface area contributed by atoms with Crippen molar-refractivity contribution in [1.29, 1.82) is 0 Å². The van der Waals surface area contributed by atoms with Crippen molar-refractivity contribution >= 4 is 5.97 Å². The maximum atomic E-state index is 11.5. The quantitative estimate of drug-likeness (QED) is 0.556. The van der Waals surface area contributed by atoms with Crippen LogP contribution in [-0.4, -0.2) is 25.2 Å². The average Bonchev–Trinajstić information content (AvgIpc) is 2.31.